The first-order valence-electron chi connectivity index (χ1n) is 5.68. The summed E-state index contributed by atoms with van der Waals surface area (Å²) in [6.45, 7) is 4.00. The molecule has 1 aromatic rings. The molecule has 1 nitrogen and oxygen atoms in total. The van der Waals surface area contributed by atoms with Crippen LogP contribution in [0.25, 0.3) is 0 Å². The lowest BCUT2D eigenvalue weighted by Gasteiger charge is -2.15. The van der Waals surface area contributed by atoms with Crippen LogP contribution in [0.5, 0.6) is 0 Å². The first-order valence-corrected chi connectivity index (χ1v) is 6.47. The molecule has 0 heterocycles. The molecule has 0 spiro atoms. The third-order valence-electron chi connectivity index (χ3n) is 3.27. The van der Waals surface area contributed by atoms with Crippen molar-refractivity contribution in [3.05, 3.63) is 33.5 Å². The summed E-state index contributed by atoms with van der Waals surface area (Å²) in [6.07, 6.45) is 1.43. The highest BCUT2D eigenvalue weighted by Gasteiger charge is 2.44. The van der Waals surface area contributed by atoms with Crippen LogP contribution < -0.4 is 0 Å². The van der Waals surface area contributed by atoms with Crippen molar-refractivity contribution in [1.29, 1.82) is 0 Å². The molecule has 0 amide bonds. The van der Waals surface area contributed by atoms with E-state index in [4.69, 9.17) is 0 Å². The molecule has 0 N–H and O–H groups in total. The maximum atomic E-state index is 13.6. The summed E-state index contributed by atoms with van der Waals surface area (Å²) < 4.78 is 14.4. The standard InChI is InChI=1S/C11H8BrFO.C2H6/c12-6-3-7-5-1-8(10(14)2-5)11(7)9(13)4-6;1-2/h3-5,8H,1-2H2;1-2H3. The van der Waals surface area contributed by atoms with E-state index in [0.717, 1.165) is 16.5 Å². The minimum Gasteiger partial charge on any atom is -0.299 e. The van der Waals surface area contributed by atoms with Crippen LogP contribution in [-0.2, 0) is 4.79 Å². The average Bonchev–Trinajstić information content (AvgIpc) is 2.77. The fraction of sp³-hybridized carbons (Fsp3) is 0.462. The van der Waals surface area contributed by atoms with Gasteiger partial charge < -0.3 is 0 Å². The topological polar surface area (TPSA) is 17.1 Å². The van der Waals surface area contributed by atoms with E-state index in [2.05, 4.69) is 15.9 Å². The number of ketones is 1. The Labute approximate surface area is 103 Å². The zero-order chi connectivity index (χ0) is 11.9. The molecular formula is C13H14BrFO. The van der Waals surface area contributed by atoms with Crippen LogP contribution in [0.1, 0.15) is 49.7 Å². The number of hydrogen-bond donors (Lipinski definition) is 0. The molecule has 1 fully saturated rings. The van der Waals surface area contributed by atoms with E-state index in [1.165, 1.54) is 6.07 Å². The van der Waals surface area contributed by atoms with Gasteiger partial charge in [-0.25, -0.2) is 4.39 Å². The van der Waals surface area contributed by atoms with Gasteiger partial charge in [0.1, 0.15) is 11.6 Å². The minimum atomic E-state index is -0.227. The largest absolute Gasteiger partial charge is 0.299 e. The molecule has 16 heavy (non-hydrogen) atoms. The Morgan fingerprint density at radius 2 is 2.06 bits per heavy atom. The summed E-state index contributed by atoms with van der Waals surface area (Å²) in [5.74, 6) is 0.108. The number of Topliss-reactive ketones (excluding diaryl/α,β-unsaturated/α-hetero) is 1. The maximum absolute atomic E-state index is 13.6. The molecule has 2 unspecified atom stereocenters. The molecule has 1 aromatic carbocycles. The summed E-state index contributed by atoms with van der Waals surface area (Å²) in [7, 11) is 0. The number of rotatable bonds is 0. The van der Waals surface area contributed by atoms with Gasteiger partial charge in [0, 0.05) is 22.4 Å². The highest BCUT2D eigenvalue weighted by molar-refractivity contribution is 9.10. The van der Waals surface area contributed by atoms with Crippen LogP contribution in [0.4, 0.5) is 4.39 Å². The van der Waals surface area contributed by atoms with Crippen molar-refractivity contribution in [2.24, 2.45) is 0 Å². The fourth-order valence-corrected chi connectivity index (χ4v) is 3.16. The van der Waals surface area contributed by atoms with Crippen LogP contribution >= 0.6 is 15.9 Å². The Morgan fingerprint density at radius 3 is 2.75 bits per heavy atom. The van der Waals surface area contributed by atoms with Crippen molar-refractivity contribution in [2.45, 2.75) is 38.5 Å². The molecular weight excluding hydrogens is 271 g/mol. The van der Waals surface area contributed by atoms with E-state index >= 15 is 0 Å². The van der Waals surface area contributed by atoms with Gasteiger partial charge >= 0.3 is 0 Å². The van der Waals surface area contributed by atoms with Crippen molar-refractivity contribution < 1.29 is 9.18 Å². The van der Waals surface area contributed by atoms with E-state index in [9.17, 15) is 9.18 Å². The van der Waals surface area contributed by atoms with E-state index in [-0.39, 0.29) is 23.4 Å². The van der Waals surface area contributed by atoms with Gasteiger partial charge in [0.2, 0.25) is 0 Å². The number of carbonyl (C=O) groups is 1. The van der Waals surface area contributed by atoms with Gasteiger partial charge in [-0.15, -0.1) is 0 Å². The minimum absolute atomic E-state index is 0.150. The highest BCUT2D eigenvalue weighted by Crippen LogP contribution is 2.52. The Bertz CT molecular complexity index is 442. The normalized spacial score (nSPS) is 25.1. The van der Waals surface area contributed by atoms with E-state index in [0.29, 0.717) is 12.0 Å². The summed E-state index contributed by atoms with van der Waals surface area (Å²) in [5.41, 5.74) is 1.70. The molecule has 86 valence electrons. The summed E-state index contributed by atoms with van der Waals surface area (Å²) >= 11 is 3.28. The number of fused-ring (bicyclic) bond motifs is 5. The summed E-state index contributed by atoms with van der Waals surface area (Å²) in [5, 5.41) is 0. The summed E-state index contributed by atoms with van der Waals surface area (Å²) in [4.78, 5) is 11.5. The van der Waals surface area contributed by atoms with Crippen molar-refractivity contribution in [3.8, 4) is 0 Å². The second-order valence-electron chi connectivity index (χ2n) is 4.05. The van der Waals surface area contributed by atoms with Crippen LogP contribution in [0.15, 0.2) is 16.6 Å². The second-order valence-corrected chi connectivity index (χ2v) is 4.96. The van der Waals surface area contributed by atoms with Crippen LogP contribution in [0.3, 0.4) is 0 Å². The third-order valence-corrected chi connectivity index (χ3v) is 3.73. The molecule has 2 aliphatic carbocycles. The molecule has 0 radical (unpaired) electrons. The Kier molecular flexibility index (Phi) is 3.15. The highest BCUT2D eigenvalue weighted by atomic mass is 79.9. The molecule has 0 aromatic heterocycles. The van der Waals surface area contributed by atoms with Crippen LogP contribution in [0, 0.1) is 5.82 Å². The number of hydrogen-bond acceptors (Lipinski definition) is 1. The lowest BCUT2D eigenvalue weighted by atomic mass is 9.90. The van der Waals surface area contributed by atoms with Crippen molar-refractivity contribution in [1.82, 2.24) is 0 Å². The Hall–Kier alpha value is -0.700. The van der Waals surface area contributed by atoms with E-state index in [1.807, 2.05) is 19.9 Å². The van der Waals surface area contributed by atoms with Crippen LogP contribution in [0.2, 0.25) is 0 Å². The molecule has 2 bridgehead atoms. The number of halogens is 2. The summed E-state index contributed by atoms with van der Waals surface area (Å²) in [6, 6.07) is 3.41. The van der Waals surface area contributed by atoms with Gasteiger partial charge in [-0.1, -0.05) is 29.8 Å². The molecule has 3 heteroatoms. The lowest BCUT2D eigenvalue weighted by molar-refractivity contribution is -0.119. The van der Waals surface area contributed by atoms with Gasteiger partial charge in [-0.05, 0) is 30.0 Å². The number of carbonyl (C=O) groups excluding carboxylic acids is 1. The first-order chi connectivity index (χ1) is 7.66. The van der Waals surface area contributed by atoms with Crippen molar-refractivity contribution >= 4 is 21.7 Å². The predicted octanol–water partition coefficient (Wildman–Crippen LogP) is 4.16. The van der Waals surface area contributed by atoms with Gasteiger partial charge in [-0.2, -0.15) is 0 Å². The second kappa shape index (κ2) is 4.28. The Balaban J connectivity index is 0.000000457. The van der Waals surface area contributed by atoms with Crippen molar-refractivity contribution in [3.63, 3.8) is 0 Å². The van der Waals surface area contributed by atoms with Crippen molar-refractivity contribution in [2.75, 3.05) is 0 Å². The zero-order valence-corrected chi connectivity index (χ0v) is 11.0. The van der Waals surface area contributed by atoms with Gasteiger partial charge in [0.05, 0.1) is 0 Å². The number of benzene rings is 1. The van der Waals surface area contributed by atoms with E-state index in [1.54, 1.807) is 0 Å². The average molecular weight is 285 g/mol. The Morgan fingerprint density at radius 1 is 1.38 bits per heavy atom. The van der Waals surface area contributed by atoms with Gasteiger partial charge in [0.25, 0.3) is 0 Å². The smallest absolute Gasteiger partial charge is 0.141 e. The molecule has 2 atom stereocenters. The van der Waals surface area contributed by atoms with E-state index < -0.39 is 0 Å². The quantitative estimate of drug-likeness (QED) is 0.699. The first kappa shape index (κ1) is 11.8. The molecule has 0 saturated heterocycles. The van der Waals surface area contributed by atoms with Crippen LogP contribution in [-0.4, -0.2) is 5.78 Å². The molecule has 1 saturated carbocycles. The van der Waals surface area contributed by atoms with Gasteiger partial charge in [0.15, 0.2) is 0 Å². The SMILES string of the molecule is CC.O=C1CC2CC1c1c(F)cc(Br)cc12. The molecule has 0 aliphatic heterocycles. The monoisotopic (exact) mass is 284 g/mol. The lowest BCUT2D eigenvalue weighted by Crippen LogP contribution is -2.11. The fourth-order valence-electron chi connectivity index (χ4n) is 2.71. The molecule has 3 rings (SSSR count). The maximum Gasteiger partial charge on any atom is 0.141 e. The molecule has 2 aliphatic rings. The predicted molar refractivity (Wildman–Crippen MR) is 65.2 cm³/mol. The third kappa shape index (κ3) is 1.61. The zero-order valence-electron chi connectivity index (χ0n) is 9.39. The van der Waals surface area contributed by atoms with Gasteiger partial charge in [-0.3, -0.25) is 4.79 Å².